The van der Waals surface area contributed by atoms with Crippen LogP contribution in [0.5, 0.6) is 11.5 Å². The third kappa shape index (κ3) is 5.60. The van der Waals surface area contributed by atoms with E-state index < -0.39 is 0 Å². The van der Waals surface area contributed by atoms with Gasteiger partial charge in [0.05, 0.1) is 7.11 Å². The number of hydrogen-bond donors (Lipinski definition) is 1. The van der Waals surface area contributed by atoms with E-state index in [-0.39, 0.29) is 17.2 Å². The summed E-state index contributed by atoms with van der Waals surface area (Å²) in [6.45, 7) is 10.9. The molecule has 152 valence electrons. The molecule has 0 saturated heterocycles. The van der Waals surface area contributed by atoms with Crippen molar-refractivity contribution in [3.63, 3.8) is 0 Å². The first-order valence-corrected chi connectivity index (χ1v) is 10.3. The van der Waals surface area contributed by atoms with Gasteiger partial charge in [0, 0.05) is 28.8 Å². The largest absolute Gasteiger partial charge is 0.507 e. The van der Waals surface area contributed by atoms with E-state index in [1.54, 1.807) is 13.3 Å². The van der Waals surface area contributed by atoms with Crippen molar-refractivity contribution < 1.29 is 9.84 Å². The molecule has 0 fully saturated rings. The van der Waals surface area contributed by atoms with Gasteiger partial charge in [-0.3, -0.25) is 4.99 Å². The van der Waals surface area contributed by atoms with Crippen LogP contribution < -0.4 is 4.74 Å². The van der Waals surface area contributed by atoms with Gasteiger partial charge in [0.25, 0.3) is 0 Å². The molecule has 0 aliphatic rings. The van der Waals surface area contributed by atoms with Crippen LogP contribution in [-0.2, 0) is 5.41 Å². The highest BCUT2D eigenvalue weighted by Gasteiger charge is 2.28. The maximum Gasteiger partial charge on any atom is 0.128 e. The quantitative estimate of drug-likeness (QED) is 0.513. The molecule has 1 atom stereocenters. The highest BCUT2D eigenvalue weighted by atomic mass is 16.5. The average molecular weight is 382 g/mol. The Morgan fingerprint density at radius 3 is 2.36 bits per heavy atom. The fourth-order valence-corrected chi connectivity index (χ4v) is 3.44. The predicted molar refractivity (Wildman–Crippen MR) is 119 cm³/mol. The maximum absolute atomic E-state index is 11.0. The number of aliphatic imine (C=N–C) groups is 1. The molecule has 0 aliphatic carbocycles. The van der Waals surface area contributed by atoms with Crippen LogP contribution in [0.25, 0.3) is 0 Å². The van der Waals surface area contributed by atoms with Crippen LogP contribution >= 0.6 is 0 Å². The molecule has 0 aromatic heterocycles. The molecule has 0 aliphatic heterocycles. The van der Waals surface area contributed by atoms with E-state index in [2.05, 4.69) is 51.7 Å². The number of phenols is 1. The van der Waals surface area contributed by atoms with Gasteiger partial charge in [-0.15, -0.1) is 0 Å². The lowest BCUT2D eigenvalue weighted by molar-refractivity contribution is 0.407. The zero-order valence-electron chi connectivity index (χ0n) is 18.2. The zero-order chi connectivity index (χ0) is 20.7. The van der Waals surface area contributed by atoms with Crippen LogP contribution in [0, 0.1) is 5.92 Å². The Labute approximate surface area is 170 Å². The van der Waals surface area contributed by atoms with Gasteiger partial charge >= 0.3 is 0 Å². The molecule has 1 unspecified atom stereocenters. The molecular formula is C25H35NO2. The maximum atomic E-state index is 11.0. The standard InChI is InChI=1S/C25H35NO2/c1-18(2)11-10-12-19(3)26-17-20-15-22(28-6)16-23(24(20)27)25(4,5)21-13-8-7-9-14-21/h7-9,13-19,27H,10-12H2,1-6H3. The molecule has 0 heterocycles. The number of phenolic OH excluding ortho intramolecular Hbond substituents is 1. The van der Waals surface area contributed by atoms with Crippen molar-refractivity contribution in [1.29, 1.82) is 0 Å². The fourth-order valence-electron chi connectivity index (χ4n) is 3.44. The van der Waals surface area contributed by atoms with Crippen LogP contribution in [0.15, 0.2) is 47.5 Å². The summed E-state index contributed by atoms with van der Waals surface area (Å²) in [5, 5.41) is 11.0. The van der Waals surface area contributed by atoms with Gasteiger partial charge in [0.15, 0.2) is 0 Å². The van der Waals surface area contributed by atoms with E-state index in [0.29, 0.717) is 5.56 Å². The number of nitrogens with zero attached hydrogens (tertiary/aromatic N) is 1. The van der Waals surface area contributed by atoms with Crippen molar-refractivity contribution in [2.75, 3.05) is 7.11 Å². The fraction of sp³-hybridized carbons (Fsp3) is 0.480. The lowest BCUT2D eigenvalue weighted by Crippen LogP contribution is -2.19. The van der Waals surface area contributed by atoms with Crippen molar-refractivity contribution in [1.82, 2.24) is 0 Å². The van der Waals surface area contributed by atoms with E-state index >= 15 is 0 Å². The van der Waals surface area contributed by atoms with Crippen LogP contribution in [0.3, 0.4) is 0 Å². The molecule has 0 bridgehead atoms. The minimum Gasteiger partial charge on any atom is -0.507 e. The summed E-state index contributed by atoms with van der Waals surface area (Å²) >= 11 is 0. The van der Waals surface area contributed by atoms with Gasteiger partial charge in [0.2, 0.25) is 0 Å². The number of rotatable bonds is 9. The first-order chi connectivity index (χ1) is 13.3. The normalized spacial score (nSPS) is 13.2. The number of methoxy groups -OCH3 is 1. The first kappa shape index (κ1) is 22.0. The molecule has 1 N–H and O–H groups in total. The lowest BCUT2D eigenvalue weighted by Gasteiger charge is -2.28. The van der Waals surface area contributed by atoms with Crippen molar-refractivity contribution in [3.05, 3.63) is 59.2 Å². The Morgan fingerprint density at radius 1 is 1.07 bits per heavy atom. The van der Waals surface area contributed by atoms with E-state index in [1.165, 1.54) is 12.8 Å². The Hall–Kier alpha value is -2.29. The Bertz CT molecular complexity index is 779. The molecule has 0 saturated carbocycles. The molecule has 2 rings (SSSR count). The highest BCUT2D eigenvalue weighted by Crippen LogP contribution is 2.40. The van der Waals surface area contributed by atoms with Gasteiger partial charge in [-0.1, -0.05) is 70.9 Å². The lowest BCUT2D eigenvalue weighted by atomic mass is 9.77. The van der Waals surface area contributed by atoms with Gasteiger partial charge in [-0.05, 0) is 37.0 Å². The van der Waals surface area contributed by atoms with Gasteiger partial charge in [-0.25, -0.2) is 0 Å². The molecule has 0 spiro atoms. The van der Waals surface area contributed by atoms with Gasteiger partial charge < -0.3 is 9.84 Å². The monoisotopic (exact) mass is 381 g/mol. The van der Waals surface area contributed by atoms with E-state index in [1.807, 2.05) is 30.3 Å². The zero-order valence-corrected chi connectivity index (χ0v) is 18.2. The van der Waals surface area contributed by atoms with E-state index in [0.717, 1.165) is 29.2 Å². The topological polar surface area (TPSA) is 41.8 Å². The molecule has 3 heteroatoms. The summed E-state index contributed by atoms with van der Waals surface area (Å²) in [6, 6.07) is 14.2. The van der Waals surface area contributed by atoms with Crippen molar-refractivity contribution in [3.8, 4) is 11.5 Å². The summed E-state index contributed by atoms with van der Waals surface area (Å²) in [7, 11) is 1.65. The summed E-state index contributed by atoms with van der Waals surface area (Å²) in [5.41, 5.74) is 2.33. The molecule has 0 amide bonds. The van der Waals surface area contributed by atoms with E-state index in [4.69, 9.17) is 4.74 Å². The molecule has 28 heavy (non-hydrogen) atoms. The Morgan fingerprint density at radius 2 is 1.75 bits per heavy atom. The van der Waals surface area contributed by atoms with Crippen molar-refractivity contribution in [2.24, 2.45) is 10.9 Å². The Balaban J connectivity index is 2.31. The number of benzene rings is 2. The van der Waals surface area contributed by atoms with Gasteiger partial charge in [-0.2, -0.15) is 0 Å². The number of aromatic hydroxyl groups is 1. The third-order valence-electron chi connectivity index (χ3n) is 5.39. The second-order valence-corrected chi connectivity index (χ2v) is 8.56. The highest BCUT2D eigenvalue weighted by molar-refractivity contribution is 5.85. The molecule has 2 aromatic rings. The van der Waals surface area contributed by atoms with Crippen LogP contribution in [-0.4, -0.2) is 24.5 Å². The second-order valence-electron chi connectivity index (χ2n) is 8.56. The first-order valence-electron chi connectivity index (χ1n) is 10.3. The number of hydrogen-bond acceptors (Lipinski definition) is 3. The van der Waals surface area contributed by atoms with Gasteiger partial charge in [0.1, 0.15) is 11.5 Å². The smallest absolute Gasteiger partial charge is 0.128 e. The minimum absolute atomic E-state index is 0.231. The SMILES string of the molecule is COc1cc(C=NC(C)CCCC(C)C)c(O)c(C(C)(C)c2ccccc2)c1. The van der Waals surface area contributed by atoms with Crippen molar-refractivity contribution in [2.45, 2.75) is 65.3 Å². The summed E-state index contributed by atoms with van der Waals surface area (Å²) in [6.07, 6.45) is 5.25. The summed E-state index contributed by atoms with van der Waals surface area (Å²) in [4.78, 5) is 4.68. The van der Waals surface area contributed by atoms with Crippen LogP contribution in [0.1, 0.15) is 70.6 Å². The molecular weight excluding hydrogens is 346 g/mol. The van der Waals surface area contributed by atoms with E-state index in [9.17, 15) is 5.11 Å². The molecule has 3 nitrogen and oxygen atoms in total. The van der Waals surface area contributed by atoms with Crippen LogP contribution in [0.2, 0.25) is 0 Å². The summed E-state index contributed by atoms with van der Waals surface area (Å²) < 4.78 is 5.51. The summed E-state index contributed by atoms with van der Waals surface area (Å²) in [5.74, 6) is 1.72. The Kier molecular flexibility index (Phi) is 7.68. The molecule has 0 radical (unpaired) electrons. The molecule has 2 aromatic carbocycles. The van der Waals surface area contributed by atoms with Crippen molar-refractivity contribution >= 4 is 6.21 Å². The third-order valence-corrected chi connectivity index (χ3v) is 5.39. The van der Waals surface area contributed by atoms with Crippen LogP contribution in [0.4, 0.5) is 0 Å². The second kappa shape index (κ2) is 9.77. The minimum atomic E-state index is -0.356. The average Bonchev–Trinajstić information content (AvgIpc) is 2.67. The number of ether oxygens (including phenoxy) is 1. The predicted octanol–water partition coefficient (Wildman–Crippen LogP) is 6.36.